The molecule has 134 valence electrons. The fourth-order valence-electron chi connectivity index (χ4n) is 3.48. The summed E-state index contributed by atoms with van der Waals surface area (Å²) in [6, 6.07) is 13.1. The maximum atomic E-state index is 13.1. The number of rotatable bonds is 6. The van der Waals surface area contributed by atoms with Gasteiger partial charge in [0.15, 0.2) is 0 Å². The van der Waals surface area contributed by atoms with Gasteiger partial charge in [-0.25, -0.2) is 4.39 Å². The van der Waals surface area contributed by atoms with Crippen LogP contribution >= 0.6 is 0 Å². The first kappa shape index (κ1) is 18.0. The monoisotopic (exact) mass is 343 g/mol. The normalized spacial score (nSPS) is 19.2. The van der Waals surface area contributed by atoms with Gasteiger partial charge in [0.2, 0.25) is 0 Å². The number of hydrogen-bond donors (Lipinski definition) is 1. The molecule has 0 unspecified atom stereocenters. The zero-order valence-corrected chi connectivity index (χ0v) is 14.7. The molecule has 1 saturated heterocycles. The smallest absolute Gasteiger partial charge is 0.123 e. The van der Waals surface area contributed by atoms with Crippen LogP contribution in [-0.4, -0.2) is 52.2 Å². The molecule has 1 aromatic heterocycles. The molecule has 0 aliphatic carbocycles. The molecule has 0 spiro atoms. The summed E-state index contributed by atoms with van der Waals surface area (Å²) in [4.78, 5) is 9.40. The Kier molecular flexibility index (Phi) is 6.13. The third-order valence-corrected chi connectivity index (χ3v) is 4.78. The molecule has 1 aliphatic rings. The minimum absolute atomic E-state index is 0.187. The van der Waals surface area contributed by atoms with Crippen LogP contribution in [0.3, 0.4) is 0 Å². The lowest BCUT2D eigenvalue weighted by Crippen LogP contribution is -2.52. The molecule has 2 heterocycles. The molecule has 2 aromatic rings. The van der Waals surface area contributed by atoms with Gasteiger partial charge in [0, 0.05) is 51.1 Å². The van der Waals surface area contributed by atoms with Crippen molar-refractivity contribution in [3.05, 3.63) is 65.2 Å². The third-order valence-electron chi connectivity index (χ3n) is 4.78. The van der Waals surface area contributed by atoms with Crippen LogP contribution in [0, 0.1) is 12.7 Å². The van der Waals surface area contributed by atoms with E-state index in [-0.39, 0.29) is 12.4 Å². The van der Waals surface area contributed by atoms with E-state index in [9.17, 15) is 9.50 Å². The Bertz CT molecular complexity index is 677. The Morgan fingerprint density at radius 2 is 1.92 bits per heavy atom. The number of pyridine rings is 1. The van der Waals surface area contributed by atoms with Gasteiger partial charge in [-0.2, -0.15) is 0 Å². The highest BCUT2D eigenvalue weighted by atomic mass is 19.1. The number of aryl methyl sites for hydroxylation is 1. The van der Waals surface area contributed by atoms with Gasteiger partial charge < -0.3 is 5.11 Å². The van der Waals surface area contributed by atoms with Gasteiger partial charge in [-0.1, -0.05) is 18.2 Å². The summed E-state index contributed by atoms with van der Waals surface area (Å²) in [7, 11) is 0. The van der Waals surface area contributed by atoms with Crippen molar-refractivity contribution in [2.24, 2.45) is 0 Å². The van der Waals surface area contributed by atoms with Gasteiger partial charge in [0.05, 0.1) is 5.69 Å². The topological polar surface area (TPSA) is 39.6 Å². The number of aliphatic hydroxyl groups excluding tert-OH is 1. The van der Waals surface area contributed by atoms with Gasteiger partial charge in [-0.15, -0.1) is 0 Å². The highest BCUT2D eigenvalue weighted by Gasteiger charge is 2.26. The molecule has 4 nitrogen and oxygen atoms in total. The third kappa shape index (κ3) is 5.08. The van der Waals surface area contributed by atoms with Crippen molar-refractivity contribution >= 4 is 0 Å². The molecule has 3 rings (SSSR count). The molecular weight excluding hydrogens is 317 g/mol. The Morgan fingerprint density at radius 3 is 2.64 bits per heavy atom. The SMILES string of the molecule is Cc1cccc(CN2CCN(Cc3ccc(F)cc3)C[C@H]2CCO)n1. The van der Waals surface area contributed by atoms with Crippen molar-refractivity contribution in [1.29, 1.82) is 0 Å². The van der Waals surface area contributed by atoms with Crippen LogP contribution < -0.4 is 0 Å². The van der Waals surface area contributed by atoms with Crippen LogP contribution in [0.15, 0.2) is 42.5 Å². The molecular formula is C20H26FN3O. The second-order valence-corrected chi connectivity index (χ2v) is 6.77. The van der Waals surface area contributed by atoms with Crippen LogP contribution in [0.2, 0.25) is 0 Å². The molecule has 0 amide bonds. The van der Waals surface area contributed by atoms with Gasteiger partial charge in [0.1, 0.15) is 5.82 Å². The van der Waals surface area contributed by atoms with E-state index in [0.717, 1.165) is 56.1 Å². The van der Waals surface area contributed by atoms with E-state index < -0.39 is 0 Å². The summed E-state index contributed by atoms with van der Waals surface area (Å²) in [6.07, 6.45) is 0.756. The van der Waals surface area contributed by atoms with Crippen LogP contribution in [-0.2, 0) is 13.1 Å². The molecule has 1 fully saturated rings. The Balaban J connectivity index is 1.62. The number of aromatic nitrogens is 1. The van der Waals surface area contributed by atoms with E-state index in [1.807, 2.05) is 31.2 Å². The first-order chi connectivity index (χ1) is 12.1. The quantitative estimate of drug-likeness (QED) is 0.875. The van der Waals surface area contributed by atoms with Crippen LogP contribution in [0.1, 0.15) is 23.4 Å². The summed E-state index contributed by atoms with van der Waals surface area (Å²) in [6.45, 7) is 6.65. The maximum Gasteiger partial charge on any atom is 0.123 e. The lowest BCUT2D eigenvalue weighted by molar-refractivity contribution is 0.0491. The molecule has 0 saturated carbocycles. The molecule has 25 heavy (non-hydrogen) atoms. The van der Waals surface area contributed by atoms with E-state index in [0.29, 0.717) is 6.04 Å². The Labute approximate surface area is 148 Å². The Hall–Kier alpha value is -1.82. The van der Waals surface area contributed by atoms with Crippen molar-refractivity contribution < 1.29 is 9.50 Å². The summed E-state index contributed by atoms with van der Waals surface area (Å²) >= 11 is 0. The highest BCUT2D eigenvalue weighted by molar-refractivity contribution is 5.16. The zero-order chi connectivity index (χ0) is 17.6. The number of aliphatic hydroxyl groups is 1. The minimum Gasteiger partial charge on any atom is -0.396 e. The number of nitrogens with zero attached hydrogens (tertiary/aromatic N) is 3. The molecule has 5 heteroatoms. The van der Waals surface area contributed by atoms with E-state index in [4.69, 9.17) is 0 Å². The van der Waals surface area contributed by atoms with Crippen molar-refractivity contribution in [1.82, 2.24) is 14.8 Å². The average Bonchev–Trinajstić information content (AvgIpc) is 2.59. The first-order valence-corrected chi connectivity index (χ1v) is 8.88. The highest BCUT2D eigenvalue weighted by Crippen LogP contribution is 2.18. The molecule has 1 aliphatic heterocycles. The predicted molar refractivity (Wildman–Crippen MR) is 96.6 cm³/mol. The standard InChI is InChI=1S/C20H26FN3O/c1-16-3-2-4-19(22-16)14-24-11-10-23(15-20(24)9-12-25)13-17-5-7-18(21)8-6-17/h2-8,20,25H,9-15H2,1H3/t20-/m1/s1. The van der Waals surface area contributed by atoms with Crippen molar-refractivity contribution in [2.45, 2.75) is 32.5 Å². The van der Waals surface area contributed by atoms with Gasteiger partial charge in [-0.3, -0.25) is 14.8 Å². The second kappa shape index (κ2) is 8.52. The molecule has 1 atom stereocenters. The largest absolute Gasteiger partial charge is 0.396 e. The predicted octanol–water partition coefficient (Wildman–Crippen LogP) is 2.60. The number of hydrogen-bond acceptors (Lipinski definition) is 4. The first-order valence-electron chi connectivity index (χ1n) is 8.88. The van der Waals surface area contributed by atoms with Gasteiger partial charge in [-0.05, 0) is 43.2 Å². The molecule has 0 radical (unpaired) electrons. The van der Waals surface area contributed by atoms with E-state index in [1.165, 1.54) is 12.1 Å². The number of benzene rings is 1. The molecule has 1 N–H and O–H groups in total. The number of piperazine rings is 1. The fraction of sp³-hybridized carbons (Fsp3) is 0.450. The fourth-order valence-corrected chi connectivity index (χ4v) is 3.48. The van der Waals surface area contributed by atoms with Crippen LogP contribution in [0.4, 0.5) is 4.39 Å². The van der Waals surface area contributed by atoms with Gasteiger partial charge in [0.25, 0.3) is 0 Å². The summed E-state index contributed by atoms with van der Waals surface area (Å²) in [5.74, 6) is -0.197. The molecule has 0 bridgehead atoms. The van der Waals surface area contributed by atoms with Crippen molar-refractivity contribution in [3.63, 3.8) is 0 Å². The minimum atomic E-state index is -0.197. The average molecular weight is 343 g/mol. The van der Waals surface area contributed by atoms with Crippen molar-refractivity contribution in [2.75, 3.05) is 26.2 Å². The van der Waals surface area contributed by atoms with E-state index in [2.05, 4.69) is 20.9 Å². The summed E-state index contributed by atoms with van der Waals surface area (Å²) in [5.41, 5.74) is 3.24. The van der Waals surface area contributed by atoms with E-state index in [1.54, 1.807) is 0 Å². The summed E-state index contributed by atoms with van der Waals surface area (Å²) < 4.78 is 13.1. The Morgan fingerprint density at radius 1 is 1.12 bits per heavy atom. The maximum absolute atomic E-state index is 13.1. The molecule has 1 aromatic carbocycles. The van der Waals surface area contributed by atoms with Crippen LogP contribution in [0.25, 0.3) is 0 Å². The van der Waals surface area contributed by atoms with E-state index >= 15 is 0 Å². The lowest BCUT2D eigenvalue weighted by atomic mass is 10.1. The summed E-state index contributed by atoms with van der Waals surface area (Å²) in [5, 5.41) is 9.45. The zero-order valence-electron chi connectivity index (χ0n) is 14.7. The van der Waals surface area contributed by atoms with Crippen molar-refractivity contribution in [3.8, 4) is 0 Å². The second-order valence-electron chi connectivity index (χ2n) is 6.77. The lowest BCUT2D eigenvalue weighted by Gasteiger charge is -2.41. The van der Waals surface area contributed by atoms with Gasteiger partial charge >= 0.3 is 0 Å². The number of halogens is 1. The van der Waals surface area contributed by atoms with Crippen LogP contribution in [0.5, 0.6) is 0 Å².